The van der Waals surface area contributed by atoms with E-state index in [2.05, 4.69) is 9.97 Å². The second kappa shape index (κ2) is 3.22. The lowest BCUT2D eigenvalue weighted by atomic mass is 10.5. The van der Waals surface area contributed by atoms with E-state index in [1.54, 1.807) is 0 Å². The highest BCUT2D eigenvalue weighted by molar-refractivity contribution is 6.67. The number of carbonyl (C=O) groups excluding carboxylic acids is 1. The molecule has 6 nitrogen and oxygen atoms in total. The minimum Gasteiger partial charge on any atom is -0.272 e. The largest absolute Gasteiger partial charge is 0.305 e. The Hall–Kier alpha value is -1.56. The van der Waals surface area contributed by atoms with E-state index in [1.807, 2.05) is 0 Å². The minimum absolute atomic E-state index is 0.248. The molecule has 0 aliphatic heterocycles. The van der Waals surface area contributed by atoms with Crippen LogP contribution in [0.3, 0.4) is 0 Å². The first-order chi connectivity index (χ1) is 5.61. The van der Waals surface area contributed by atoms with Gasteiger partial charge in [0.2, 0.25) is 5.82 Å². The summed E-state index contributed by atoms with van der Waals surface area (Å²) < 4.78 is 0. The maximum absolute atomic E-state index is 10.4. The van der Waals surface area contributed by atoms with Crippen LogP contribution >= 0.6 is 11.6 Å². The second-order valence-electron chi connectivity index (χ2n) is 1.80. The van der Waals surface area contributed by atoms with Crippen LogP contribution in [0.5, 0.6) is 0 Å². The smallest absolute Gasteiger partial charge is 0.272 e. The third-order valence-electron chi connectivity index (χ3n) is 1.02. The van der Waals surface area contributed by atoms with Gasteiger partial charge in [-0.3, -0.25) is 14.9 Å². The van der Waals surface area contributed by atoms with Crippen LogP contribution in [-0.4, -0.2) is 20.1 Å². The van der Waals surface area contributed by atoms with E-state index in [0.717, 1.165) is 12.4 Å². The molecule has 0 spiro atoms. The van der Waals surface area contributed by atoms with Crippen molar-refractivity contribution >= 4 is 22.5 Å². The Morgan fingerprint density at radius 1 is 1.50 bits per heavy atom. The number of aromatic nitrogens is 2. The Labute approximate surface area is 71.4 Å². The monoisotopic (exact) mass is 187 g/mol. The fourth-order valence-corrected chi connectivity index (χ4v) is 0.615. The molecule has 0 aliphatic carbocycles. The molecule has 62 valence electrons. The predicted octanol–water partition coefficient (Wildman–Crippen LogP) is 0.764. The summed E-state index contributed by atoms with van der Waals surface area (Å²) in [4.78, 5) is 26.6. The van der Waals surface area contributed by atoms with E-state index in [1.165, 1.54) is 0 Å². The first-order valence-corrected chi connectivity index (χ1v) is 3.15. The van der Waals surface area contributed by atoms with Crippen molar-refractivity contribution in [3.63, 3.8) is 0 Å². The van der Waals surface area contributed by atoms with Crippen LogP contribution in [0.15, 0.2) is 12.4 Å². The van der Waals surface area contributed by atoms with Gasteiger partial charge in [0.15, 0.2) is 0 Å². The van der Waals surface area contributed by atoms with Crippen LogP contribution in [0.25, 0.3) is 0 Å². The normalized spacial score (nSPS) is 9.42. The lowest BCUT2D eigenvalue weighted by Gasteiger charge is -1.90. The first-order valence-electron chi connectivity index (χ1n) is 2.77. The van der Waals surface area contributed by atoms with E-state index in [-0.39, 0.29) is 11.5 Å². The summed E-state index contributed by atoms with van der Waals surface area (Å²) in [6.45, 7) is 0. The topological polar surface area (TPSA) is 86.0 Å². The summed E-state index contributed by atoms with van der Waals surface area (Å²) in [7, 11) is 0. The van der Waals surface area contributed by atoms with Crippen molar-refractivity contribution in [3.8, 4) is 0 Å². The van der Waals surface area contributed by atoms with Gasteiger partial charge >= 0.3 is 5.69 Å². The van der Waals surface area contributed by atoms with Gasteiger partial charge in [-0.25, -0.2) is 9.97 Å². The predicted molar refractivity (Wildman–Crippen MR) is 38.9 cm³/mol. The van der Waals surface area contributed by atoms with Crippen LogP contribution in [0, 0.1) is 10.1 Å². The van der Waals surface area contributed by atoms with Crippen LogP contribution in [0.1, 0.15) is 10.6 Å². The van der Waals surface area contributed by atoms with Gasteiger partial charge in [-0.1, -0.05) is 0 Å². The van der Waals surface area contributed by atoms with Gasteiger partial charge in [-0.05, 0) is 11.6 Å². The summed E-state index contributed by atoms with van der Waals surface area (Å²) >= 11 is 5.00. The molecule has 12 heavy (non-hydrogen) atoms. The molecule has 1 aromatic rings. The van der Waals surface area contributed by atoms with Gasteiger partial charge in [0.25, 0.3) is 5.24 Å². The van der Waals surface area contributed by atoms with Crippen molar-refractivity contribution in [2.75, 3.05) is 0 Å². The zero-order valence-corrected chi connectivity index (χ0v) is 6.35. The van der Waals surface area contributed by atoms with E-state index < -0.39 is 10.2 Å². The Morgan fingerprint density at radius 3 is 2.33 bits per heavy atom. The lowest BCUT2D eigenvalue weighted by Crippen LogP contribution is -1.99. The summed E-state index contributed by atoms with van der Waals surface area (Å²) in [6, 6.07) is 0. The summed E-state index contributed by atoms with van der Waals surface area (Å²) in [6.07, 6.45) is 1.84. The average molecular weight is 188 g/mol. The van der Waals surface area contributed by atoms with E-state index >= 15 is 0 Å². The first kappa shape index (κ1) is 8.54. The molecule has 0 bridgehead atoms. The highest BCUT2D eigenvalue weighted by atomic mass is 35.5. The summed E-state index contributed by atoms with van der Waals surface area (Å²) in [5, 5.41) is 9.25. The zero-order chi connectivity index (χ0) is 9.14. The fourth-order valence-electron chi connectivity index (χ4n) is 0.517. The number of nitrogens with zero attached hydrogens (tertiary/aromatic N) is 3. The molecule has 0 aromatic carbocycles. The standard InChI is InChI=1S/C5H2ClN3O3/c6-4(10)5-7-1-3(2-8-5)9(11)12/h1-2H. The van der Waals surface area contributed by atoms with E-state index in [4.69, 9.17) is 11.6 Å². The number of nitro groups is 1. The maximum atomic E-state index is 10.4. The second-order valence-corrected chi connectivity index (χ2v) is 2.14. The van der Waals surface area contributed by atoms with Crippen LogP contribution in [0.4, 0.5) is 5.69 Å². The molecule has 0 amide bonds. The van der Waals surface area contributed by atoms with E-state index in [0.29, 0.717) is 0 Å². The summed E-state index contributed by atoms with van der Waals surface area (Å²) in [5.74, 6) is -0.248. The van der Waals surface area contributed by atoms with Gasteiger partial charge in [0, 0.05) is 0 Å². The van der Waals surface area contributed by atoms with Crippen LogP contribution in [0.2, 0.25) is 0 Å². The number of carbonyl (C=O) groups is 1. The SMILES string of the molecule is O=C(Cl)c1ncc([N+](=O)[O-])cn1. The lowest BCUT2D eigenvalue weighted by molar-refractivity contribution is -0.385. The van der Waals surface area contributed by atoms with Crippen LogP contribution in [-0.2, 0) is 0 Å². The summed E-state index contributed by atoms with van der Waals surface area (Å²) in [5.41, 5.74) is -0.281. The number of halogens is 1. The average Bonchev–Trinajstić information content (AvgIpc) is 2.04. The van der Waals surface area contributed by atoms with Crippen molar-refractivity contribution in [1.82, 2.24) is 9.97 Å². The third kappa shape index (κ3) is 1.73. The van der Waals surface area contributed by atoms with Crippen LogP contribution < -0.4 is 0 Å². The zero-order valence-electron chi connectivity index (χ0n) is 5.60. The molecule has 0 atom stereocenters. The molecule has 0 saturated heterocycles. The molecule has 0 fully saturated rings. The van der Waals surface area contributed by atoms with E-state index in [9.17, 15) is 14.9 Å². The third-order valence-corrected chi connectivity index (χ3v) is 1.19. The molecule has 0 saturated carbocycles. The van der Waals surface area contributed by atoms with Crippen molar-refractivity contribution in [3.05, 3.63) is 28.3 Å². The molecule has 0 aliphatic rings. The highest BCUT2D eigenvalue weighted by Gasteiger charge is 2.09. The molecule has 1 aromatic heterocycles. The number of hydrogen-bond acceptors (Lipinski definition) is 5. The van der Waals surface area contributed by atoms with Gasteiger partial charge in [-0.2, -0.15) is 0 Å². The molecule has 0 unspecified atom stereocenters. The highest BCUT2D eigenvalue weighted by Crippen LogP contribution is 2.06. The van der Waals surface area contributed by atoms with Gasteiger partial charge < -0.3 is 0 Å². The molecular weight excluding hydrogens is 186 g/mol. The number of hydrogen-bond donors (Lipinski definition) is 0. The Morgan fingerprint density at radius 2 is 2.00 bits per heavy atom. The molecule has 0 N–H and O–H groups in total. The van der Waals surface area contributed by atoms with Gasteiger partial charge in [0.1, 0.15) is 12.4 Å². The number of rotatable bonds is 2. The Bertz CT molecular complexity index is 290. The van der Waals surface area contributed by atoms with Gasteiger partial charge in [0.05, 0.1) is 4.92 Å². The molecule has 1 rings (SSSR count). The molecule has 1 heterocycles. The quantitative estimate of drug-likeness (QED) is 0.388. The molecular formula is C5H2ClN3O3. The fraction of sp³-hybridized carbons (Fsp3) is 0. The van der Waals surface area contributed by atoms with Gasteiger partial charge in [-0.15, -0.1) is 0 Å². The van der Waals surface area contributed by atoms with Crippen molar-refractivity contribution in [1.29, 1.82) is 0 Å². The van der Waals surface area contributed by atoms with Crippen molar-refractivity contribution in [2.45, 2.75) is 0 Å². The molecule has 0 radical (unpaired) electrons. The van der Waals surface area contributed by atoms with Crippen molar-refractivity contribution < 1.29 is 9.72 Å². The minimum atomic E-state index is -0.843. The Balaban J connectivity index is 3.01. The van der Waals surface area contributed by atoms with Crippen molar-refractivity contribution in [2.24, 2.45) is 0 Å². The molecule has 7 heteroatoms. The Kier molecular flexibility index (Phi) is 2.29. The maximum Gasteiger partial charge on any atom is 0.305 e.